The minimum absolute atomic E-state index is 0.747. The van der Waals surface area contributed by atoms with E-state index >= 15 is 0 Å². The van der Waals surface area contributed by atoms with Crippen LogP contribution in [0.25, 0.3) is 66.1 Å². The molecule has 0 saturated carbocycles. The highest BCUT2D eigenvalue weighted by Crippen LogP contribution is 2.50. The van der Waals surface area contributed by atoms with Crippen LogP contribution < -0.4 is 5.73 Å². The first-order chi connectivity index (χ1) is 14.8. The molecule has 0 fully saturated rings. The third-order valence-electron chi connectivity index (χ3n) is 6.40. The van der Waals surface area contributed by atoms with Crippen molar-refractivity contribution in [1.29, 1.82) is 0 Å². The highest BCUT2D eigenvalue weighted by Gasteiger charge is 2.23. The van der Waals surface area contributed by atoms with Gasteiger partial charge in [-0.2, -0.15) is 0 Å². The average molecular weight is 383 g/mol. The summed E-state index contributed by atoms with van der Waals surface area (Å²) >= 11 is 0. The highest BCUT2D eigenvalue weighted by atomic mass is 16.3. The molecular weight excluding hydrogens is 366 g/mol. The Labute approximate surface area is 173 Å². The van der Waals surface area contributed by atoms with Gasteiger partial charge in [0.05, 0.1) is 5.39 Å². The monoisotopic (exact) mass is 383 g/mol. The number of fused-ring (bicyclic) bond motifs is 6. The molecule has 140 valence electrons. The lowest BCUT2D eigenvalue weighted by Crippen LogP contribution is -1.88. The van der Waals surface area contributed by atoms with Gasteiger partial charge in [-0.15, -0.1) is 0 Å². The number of nitrogen functional groups attached to an aromatic ring is 1. The minimum Gasteiger partial charge on any atom is -0.455 e. The zero-order chi connectivity index (χ0) is 19.8. The summed E-state index contributed by atoms with van der Waals surface area (Å²) in [6.45, 7) is 0. The van der Waals surface area contributed by atoms with E-state index in [2.05, 4.69) is 66.7 Å². The summed E-state index contributed by atoms with van der Waals surface area (Å²) in [5, 5.41) is 4.62. The van der Waals surface area contributed by atoms with E-state index in [4.69, 9.17) is 10.2 Å². The van der Waals surface area contributed by atoms with Gasteiger partial charge in [-0.3, -0.25) is 0 Å². The Kier molecular flexibility index (Phi) is 2.91. The van der Waals surface area contributed by atoms with Gasteiger partial charge < -0.3 is 10.2 Å². The van der Waals surface area contributed by atoms with Crippen LogP contribution in [0.3, 0.4) is 0 Å². The predicted molar refractivity (Wildman–Crippen MR) is 126 cm³/mol. The number of hydrogen-bond acceptors (Lipinski definition) is 2. The molecular formula is C28H17NO. The number of hydrogen-bond donors (Lipinski definition) is 1. The van der Waals surface area contributed by atoms with Crippen LogP contribution >= 0.6 is 0 Å². The van der Waals surface area contributed by atoms with Crippen LogP contribution in [0.1, 0.15) is 0 Å². The molecule has 0 amide bonds. The van der Waals surface area contributed by atoms with Gasteiger partial charge in [-0.1, -0.05) is 72.8 Å². The zero-order valence-corrected chi connectivity index (χ0v) is 16.1. The Morgan fingerprint density at radius 2 is 1.10 bits per heavy atom. The molecule has 1 aromatic heterocycles. The second kappa shape index (κ2) is 5.52. The van der Waals surface area contributed by atoms with Gasteiger partial charge in [0, 0.05) is 16.6 Å². The molecule has 2 heteroatoms. The molecule has 0 aliphatic heterocycles. The number of rotatable bonds is 1. The fourth-order valence-electron chi connectivity index (χ4n) is 5.11. The van der Waals surface area contributed by atoms with Crippen molar-refractivity contribution in [2.24, 2.45) is 0 Å². The van der Waals surface area contributed by atoms with Crippen LogP contribution in [0.15, 0.2) is 95.4 Å². The summed E-state index contributed by atoms with van der Waals surface area (Å²) in [5.41, 5.74) is 16.3. The normalized spacial score (nSPS) is 12.1. The molecule has 0 saturated heterocycles. The molecule has 2 nitrogen and oxygen atoms in total. The molecule has 2 N–H and O–H groups in total. The van der Waals surface area contributed by atoms with Crippen molar-refractivity contribution < 1.29 is 4.42 Å². The third kappa shape index (κ3) is 1.88. The first kappa shape index (κ1) is 15.8. The minimum atomic E-state index is 0.747. The maximum Gasteiger partial charge on any atom is 0.145 e. The molecule has 7 rings (SSSR count). The molecule has 0 bridgehead atoms. The summed E-state index contributed by atoms with van der Waals surface area (Å²) < 4.78 is 6.33. The van der Waals surface area contributed by atoms with Gasteiger partial charge in [0.2, 0.25) is 0 Å². The van der Waals surface area contributed by atoms with Crippen molar-refractivity contribution in [3.63, 3.8) is 0 Å². The molecule has 0 spiro atoms. The lowest BCUT2D eigenvalue weighted by atomic mass is 9.93. The molecule has 0 unspecified atom stereocenters. The standard InChI is InChI=1S/C28H17NO/c29-24-15-14-22(28-27(24)23-8-3-4-11-25(23)30-28)18-12-13-21-17-7-2-1-6-16(17)19-9-5-10-20(18)26(19)21/h1-15H,29H2. The van der Waals surface area contributed by atoms with Gasteiger partial charge in [-0.05, 0) is 56.8 Å². The molecule has 1 aliphatic rings. The number of nitrogens with two attached hydrogens (primary N) is 1. The van der Waals surface area contributed by atoms with Crippen LogP contribution in [0, 0.1) is 0 Å². The predicted octanol–water partition coefficient (Wildman–Crippen LogP) is 7.64. The Hall–Kier alpha value is -4.04. The van der Waals surface area contributed by atoms with Gasteiger partial charge in [0.15, 0.2) is 0 Å². The summed E-state index contributed by atoms with van der Waals surface area (Å²) in [4.78, 5) is 0. The van der Waals surface area contributed by atoms with Crippen molar-refractivity contribution in [2.45, 2.75) is 0 Å². The van der Waals surface area contributed by atoms with Crippen molar-refractivity contribution in [2.75, 3.05) is 5.73 Å². The van der Waals surface area contributed by atoms with E-state index in [1.165, 1.54) is 38.6 Å². The first-order valence-electron chi connectivity index (χ1n) is 10.2. The fourth-order valence-corrected chi connectivity index (χ4v) is 5.11. The Morgan fingerprint density at radius 1 is 0.467 bits per heavy atom. The van der Waals surface area contributed by atoms with Crippen molar-refractivity contribution in [3.8, 4) is 33.4 Å². The van der Waals surface area contributed by atoms with Gasteiger partial charge in [0.1, 0.15) is 11.2 Å². The molecule has 30 heavy (non-hydrogen) atoms. The van der Waals surface area contributed by atoms with E-state index in [9.17, 15) is 0 Å². The molecule has 5 aromatic carbocycles. The Balaban J connectivity index is 1.61. The van der Waals surface area contributed by atoms with Gasteiger partial charge in [-0.25, -0.2) is 0 Å². The highest BCUT2D eigenvalue weighted by molar-refractivity contribution is 6.21. The lowest BCUT2D eigenvalue weighted by Gasteiger charge is -2.11. The fraction of sp³-hybridized carbons (Fsp3) is 0. The lowest BCUT2D eigenvalue weighted by molar-refractivity contribution is 0.670. The number of anilines is 1. The van der Waals surface area contributed by atoms with Crippen LogP contribution in [0.2, 0.25) is 0 Å². The second-order valence-electron chi connectivity index (χ2n) is 7.94. The maximum absolute atomic E-state index is 6.38. The maximum atomic E-state index is 6.38. The van der Waals surface area contributed by atoms with E-state index in [0.29, 0.717) is 0 Å². The van der Waals surface area contributed by atoms with Crippen LogP contribution in [-0.4, -0.2) is 0 Å². The molecule has 1 heterocycles. The van der Waals surface area contributed by atoms with Gasteiger partial charge >= 0.3 is 0 Å². The van der Waals surface area contributed by atoms with E-state index < -0.39 is 0 Å². The van der Waals surface area contributed by atoms with E-state index in [0.717, 1.165) is 33.2 Å². The Bertz CT molecular complexity index is 1630. The summed E-state index contributed by atoms with van der Waals surface area (Å²) in [5.74, 6) is 0. The molecule has 0 radical (unpaired) electrons. The van der Waals surface area contributed by atoms with Crippen LogP contribution in [0.4, 0.5) is 5.69 Å². The second-order valence-corrected chi connectivity index (χ2v) is 7.94. The number of furan rings is 1. The largest absolute Gasteiger partial charge is 0.455 e. The van der Waals surface area contributed by atoms with E-state index in [1.807, 2.05) is 24.3 Å². The summed E-state index contributed by atoms with van der Waals surface area (Å²) in [6.07, 6.45) is 0. The summed E-state index contributed by atoms with van der Waals surface area (Å²) in [6, 6.07) is 31.9. The van der Waals surface area contributed by atoms with E-state index in [-0.39, 0.29) is 0 Å². The van der Waals surface area contributed by atoms with Crippen molar-refractivity contribution in [1.82, 2.24) is 0 Å². The molecule has 6 aromatic rings. The van der Waals surface area contributed by atoms with Crippen LogP contribution in [-0.2, 0) is 0 Å². The quantitative estimate of drug-likeness (QED) is 0.296. The molecule has 0 atom stereocenters. The SMILES string of the molecule is Nc1ccc(-c2ccc3c4c(cccc24)-c2ccccc2-3)c2oc3ccccc3c12. The zero-order valence-electron chi connectivity index (χ0n) is 16.1. The number of para-hydroxylation sites is 1. The van der Waals surface area contributed by atoms with Crippen LogP contribution in [0.5, 0.6) is 0 Å². The third-order valence-corrected chi connectivity index (χ3v) is 6.40. The first-order valence-corrected chi connectivity index (χ1v) is 10.2. The Morgan fingerprint density at radius 3 is 1.97 bits per heavy atom. The summed E-state index contributed by atoms with van der Waals surface area (Å²) in [7, 11) is 0. The van der Waals surface area contributed by atoms with Crippen molar-refractivity contribution >= 4 is 38.4 Å². The molecule has 1 aliphatic carbocycles. The van der Waals surface area contributed by atoms with E-state index in [1.54, 1.807) is 0 Å². The van der Waals surface area contributed by atoms with Gasteiger partial charge in [0.25, 0.3) is 0 Å². The average Bonchev–Trinajstić information content (AvgIpc) is 3.33. The van der Waals surface area contributed by atoms with Crippen molar-refractivity contribution in [3.05, 3.63) is 91.0 Å². The smallest absolute Gasteiger partial charge is 0.145 e. The number of benzene rings is 5. The topological polar surface area (TPSA) is 39.2 Å².